The number of esters is 2. The molecule has 13 nitrogen and oxygen atoms in total. The van der Waals surface area contributed by atoms with Gasteiger partial charge >= 0.3 is 19.8 Å². The lowest BCUT2D eigenvalue weighted by Crippen LogP contribution is -2.64. The Hall–Kier alpha value is -2.97. The smallest absolute Gasteiger partial charge is 0.462 e. The summed E-state index contributed by atoms with van der Waals surface area (Å²) in [7, 11) is -5.15. The van der Waals surface area contributed by atoms with Crippen LogP contribution in [-0.2, 0) is 32.7 Å². The highest BCUT2D eigenvalue weighted by atomic mass is 31.2. The van der Waals surface area contributed by atoms with Crippen molar-refractivity contribution in [1.82, 2.24) is 0 Å². The maximum atomic E-state index is 12.9. The molecule has 6 unspecified atom stereocenters. The maximum Gasteiger partial charge on any atom is 0.472 e. The molecule has 0 spiro atoms. The summed E-state index contributed by atoms with van der Waals surface area (Å²) < 4.78 is 33.5. The Morgan fingerprint density at radius 3 is 1.32 bits per heavy atom. The average Bonchev–Trinajstić information content (AvgIpc) is 3.33. The largest absolute Gasteiger partial charge is 0.472 e. The lowest BCUT2D eigenvalue weighted by Gasteiger charge is -2.41. The summed E-state index contributed by atoms with van der Waals surface area (Å²) in [5.74, 6) is -1.22. The van der Waals surface area contributed by atoms with Gasteiger partial charge in [0.1, 0.15) is 43.2 Å². The summed E-state index contributed by atoms with van der Waals surface area (Å²) in [6, 6.07) is 0. The van der Waals surface area contributed by atoms with Gasteiger partial charge in [-0.1, -0.05) is 182 Å². The third kappa shape index (κ3) is 35.7. The van der Waals surface area contributed by atoms with Crippen LogP contribution in [0.2, 0.25) is 0 Å². The maximum absolute atomic E-state index is 12.9. The third-order valence-electron chi connectivity index (χ3n) is 11.7. The molecular formula is C55H93O13P. The fourth-order valence-corrected chi connectivity index (χ4v) is 8.49. The molecule has 1 aliphatic rings. The SMILES string of the molecule is CC/C=C/C/C=C/C/C=C/C/C=C/C/C=C/CCCC(=O)OC[C@H](COP(=O)(O)OC1C(O)C(O)C(O)[C@@H](O)C1O)OC(=O)CCC/C=C/CC/C=C/CCCCCCCCCCCCCCCC. The normalized spacial score (nSPS) is 21.6. The highest BCUT2D eigenvalue weighted by Crippen LogP contribution is 2.47. The van der Waals surface area contributed by atoms with Gasteiger partial charge in [0.2, 0.25) is 0 Å². The predicted octanol–water partition coefficient (Wildman–Crippen LogP) is 11.6. The van der Waals surface area contributed by atoms with E-state index in [2.05, 4.69) is 80.7 Å². The molecule has 0 heterocycles. The minimum Gasteiger partial charge on any atom is -0.462 e. The van der Waals surface area contributed by atoms with Crippen molar-refractivity contribution < 1.29 is 63.1 Å². The number of carbonyl (C=O) groups excluding carboxylic acids is 2. The van der Waals surface area contributed by atoms with Crippen LogP contribution in [0.5, 0.6) is 0 Å². The van der Waals surface area contributed by atoms with Crippen molar-refractivity contribution in [2.75, 3.05) is 13.2 Å². The van der Waals surface area contributed by atoms with Gasteiger partial charge in [0.05, 0.1) is 6.61 Å². The molecule has 0 aliphatic heterocycles. The molecule has 0 radical (unpaired) electrons. The van der Waals surface area contributed by atoms with Crippen molar-refractivity contribution in [2.24, 2.45) is 0 Å². The molecule has 1 saturated carbocycles. The Balaban J connectivity index is 2.44. The molecule has 396 valence electrons. The molecule has 14 heteroatoms. The first-order valence-electron chi connectivity index (χ1n) is 26.4. The zero-order valence-electron chi connectivity index (χ0n) is 42.3. The van der Waals surface area contributed by atoms with Gasteiger partial charge in [0.25, 0.3) is 0 Å². The average molecular weight is 993 g/mol. The number of hydrogen-bond donors (Lipinski definition) is 6. The van der Waals surface area contributed by atoms with Crippen LogP contribution in [0.3, 0.4) is 0 Å². The molecule has 1 fully saturated rings. The molecule has 8 atom stereocenters. The molecule has 69 heavy (non-hydrogen) atoms. The number of ether oxygens (including phenoxy) is 2. The molecule has 1 aliphatic carbocycles. The van der Waals surface area contributed by atoms with E-state index in [4.69, 9.17) is 18.5 Å². The van der Waals surface area contributed by atoms with Gasteiger partial charge in [-0.05, 0) is 83.5 Å². The van der Waals surface area contributed by atoms with Crippen LogP contribution in [0.1, 0.15) is 194 Å². The monoisotopic (exact) mass is 993 g/mol. The van der Waals surface area contributed by atoms with Crippen molar-refractivity contribution in [1.29, 1.82) is 0 Å². The van der Waals surface area contributed by atoms with Crippen LogP contribution >= 0.6 is 7.82 Å². The van der Waals surface area contributed by atoms with E-state index in [0.717, 1.165) is 51.4 Å². The second-order valence-corrected chi connectivity index (χ2v) is 19.4. The second-order valence-electron chi connectivity index (χ2n) is 18.0. The van der Waals surface area contributed by atoms with Crippen LogP contribution in [0.4, 0.5) is 0 Å². The first kappa shape index (κ1) is 64.0. The molecule has 6 N–H and O–H groups in total. The Bertz CT molecular complexity index is 1520. The standard InChI is InChI=1S/C55H93O13P/c1-3-5-7-9-11-13-15-17-19-21-22-23-24-25-26-28-30-32-34-36-38-40-42-44-49(57)67-47(46-66-69(63,64)68-55-53(61)51(59)50(58)52(60)54(55)62)45-65-48(56)43-41-39-37-35-33-31-29-27-20-18-16-14-12-10-8-6-4-2/h6,8,12,14,18,20,28-31,35-38,47,50-55,58-62H,3-5,7,9-11,13,15-17,19,21-27,32-34,39-46H2,1-2H3,(H,63,64)/b8-6+,14-12+,20-18+,30-28+,31-29+,37-35+,38-36+/t47-,50?,51-,52?,53?,54?,55?/m1/s1. The fourth-order valence-electron chi connectivity index (χ4n) is 7.52. The Labute approximate surface area is 416 Å². The summed E-state index contributed by atoms with van der Waals surface area (Å²) in [5, 5.41) is 50.3. The van der Waals surface area contributed by atoms with Crippen molar-refractivity contribution in [2.45, 2.75) is 236 Å². The van der Waals surface area contributed by atoms with Crippen LogP contribution in [0, 0.1) is 0 Å². The molecule has 0 bridgehead atoms. The van der Waals surface area contributed by atoms with Gasteiger partial charge in [-0.15, -0.1) is 0 Å². The van der Waals surface area contributed by atoms with Gasteiger partial charge in [-0.2, -0.15) is 0 Å². The molecule has 0 amide bonds. The lowest BCUT2D eigenvalue weighted by molar-refractivity contribution is -0.220. The van der Waals surface area contributed by atoms with Crippen molar-refractivity contribution in [3.63, 3.8) is 0 Å². The van der Waals surface area contributed by atoms with Gasteiger partial charge in [-0.3, -0.25) is 18.6 Å². The summed E-state index contributed by atoms with van der Waals surface area (Å²) in [4.78, 5) is 35.8. The molecule has 0 aromatic rings. The summed E-state index contributed by atoms with van der Waals surface area (Å²) >= 11 is 0. The predicted molar refractivity (Wildman–Crippen MR) is 276 cm³/mol. The number of hydrogen-bond acceptors (Lipinski definition) is 12. The zero-order valence-corrected chi connectivity index (χ0v) is 43.2. The van der Waals surface area contributed by atoms with E-state index in [1.807, 2.05) is 18.2 Å². The van der Waals surface area contributed by atoms with Crippen molar-refractivity contribution in [3.8, 4) is 0 Å². The van der Waals surface area contributed by atoms with E-state index in [0.29, 0.717) is 25.7 Å². The number of rotatable bonds is 43. The van der Waals surface area contributed by atoms with Gasteiger partial charge in [0.15, 0.2) is 6.10 Å². The van der Waals surface area contributed by atoms with E-state index in [9.17, 15) is 44.6 Å². The van der Waals surface area contributed by atoms with E-state index < -0.39 is 75.7 Å². The van der Waals surface area contributed by atoms with Crippen molar-refractivity contribution >= 4 is 19.8 Å². The first-order chi connectivity index (χ1) is 33.4. The van der Waals surface area contributed by atoms with Crippen molar-refractivity contribution in [3.05, 3.63) is 85.1 Å². The van der Waals surface area contributed by atoms with E-state index in [-0.39, 0.29) is 12.8 Å². The molecule has 0 saturated heterocycles. The summed E-state index contributed by atoms with van der Waals surface area (Å²) in [5.41, 5.74) is 0. The highest BCUT2D eigenvalue weighted by molar-refractivity contribution is 7.47. The Kier molecular flexibility index (Phi) is 40.6. The highest BCUT2D eigenvalue weighted by Gasteiger charge is 2.51. The Morgan fingerprint density at radius 2 is 0.841 bits per heavy atom. The quantitative estimate of drug-likeness (QED) is 0.0146. The number of phosphoric acid groups is 1. The number of aliphatic hydroxyl groups is 5. The Morgan fingerprint density at radius 1 is 0.464 bits per heavy atom. The van der Waals surface area contributed by atoms with Crippen LogP contribution in [0.25, 0.3) is 0 Å². The number of unbranched alkanes of at least 4 members (excludes halogenated alkanes) is 17. The topological polar surface area (TPSA) is 210 Å². The molecule has 0 aromatic heterocycles. The summed E-state index contributed by atoms with van der Waals surface area (Å²) in [6.07, 6.45) is 45.1. The molecule has 0 aromatic carbocycles. The number of carbonyl (C=O) groups is 2. The number of phosphoric ester groups is 1. The summed E-state index contributed by atoms with van der Waals surface area (Å²) in [6.45, 7) is 3.12. The first-order valence-corrected chi connectivity index (χ1v) is 27.9. The molecule has 1 rings (SSSR count). The van der Waals surface area contributed by atoms with Crippen LogP contribution in [-0.4, -0.2) is 98.3 Å². The molecular weight excluding hydrogens is 900 g/mol. The second kappa shape index (κ2) is 43.8. The number of allylic oxidation sites excluding steroid dienone is 14. The van der Waals surface area contributed by atoms with Gasteiger partial charge < -0.3 is 39.9 Å². The van der Waals surface area contributed by atoms with E-state index >= 15 is 0 Å². The number of aliphatic hydroxyl groups excluding tert-OH is 5. The van der Waals surface area contributed by atoms with Crippen LogP contribution < -0.4 is 0 Å². The van der Waals surface area contributed by atoms with Gasteiger partial charge in [0, 0.05) is 12.8 Å². The fraction of sp³-hybridized carbons (Fsp3) is 0.709. The zero-order chi connectivity index (χ0) is 50.6. The van der Waals surface area contributed by atoms with Crippen LogP contribution in [0.15, 0.2) is 85.1 Å². The van der Waals surface area contributed by atoms with Gasteiger partial charge in [-0.25, -0.2) is 4.57 Å². The van der Waals surface area contributed by atoms with E-state index in [1.165, 1.54) is 89.9 Å². The third-order valence-corrected chi connectivity index (χ3v) is 12.7. The lowest BCUT2D eigenvalue weighted by atomic mass is 9.85. The minimum atomic E-state index is -5.15. The minimum absolute atomic E-state index is 0.0208. The van der Waals surface area contributed by atoms with E-state index in [1.54, 1.807) is 0 Å².